The van der Waals surface area contributed by atoms with Crippen LogP contribution in [0.15, 0.2) is 58.4 Å². The van der Waals surface area contributed by atoms with Crippen LogP contribution in [0.1, 0.15) is 13.8 Å². The second kappa shape index (κ2) is 7.95. The van der Waals surface area contributed by atoms with E-state index in [1.807, 2.05) is 24.3 Å². The first-order chi connectivity index (χ1) is 8.67. The van der Waals surface area contributed by atoms with Gasteiger partial charge in [-0.25, -0.2) is 0 Å². The lowest BCUT2D eigenvalue weighted by atomic mass is 10.4. The van der Waals surface area contributed by atoms with Crippen LogP contribution < -0.4 is 0 Å². The molecular weight excluding hydrogens is 264 g/mol. The van der Waals surface area contributed by atoms with Gasteiger partial charge >= 0.3 is 0 Å². The molecule has 0 N–H and O–H groups in total. The zero-order chi connectivity index (χ0) is 13.4. The van der Waals surface area contributed by atoms with Crippen molar-refractivity contribution in [1.29, 1.82) is 0 Å². The van der Waals surface area contributed by atoms with Crippen LogP contribution in [0.5, 0.6) is 0 Å². The third-order valence-corrected chi connectivity index (χ3v) is 3.83. The van der Waals surface area contributed by atoms with Gasteiger partial charge in [0.1, 0.15) is 0 Å². The molecule has 2 nitrogen and oxygen atoms in total. The maximum atomic E-state index is 11.5. The van der Waals surface area contributed by atoms with Gasteiger partial charge in [0.2, 0.25) is 10.2 Å². The molecule has 18 heavy (non-hydrogen) atoms. The Bertz CT molecular complexity index is 445. The van der Waals surface area contributed by atoms with E-state index in [1.165, 1.54) is 12.2 Å². The lowest BCUT2D eigenvalue weighted by molar-refractivity contribution is -0.107. The fourth-order valence-electron chi connectivity index (χ4n) is 1.18. The van der Waals surface area contributed by atoms with Gasteiger partial charge in [0.15, 0.2) is 0 Å². The van der Waals surface area contributed by atoms with Crippen LogP contribution in [0, 0.1) is 0 Å². The third-order valence-electron chi connectivity index (χ3n) is 1.88. The van der Waals surface area contributed by atoms with Gasteiger partial charge in [0.05, 0.1) is 0 Å². The maximum absolute atomic E-state index is 11.5. The molecule has 0 aliphatic rings. The van der Waals surface area contributed by atoms with Crippen molar-refractivity contribution in [3.05, 3.63) is 48.6 Å². The fourth-order valence-corrected chi connectivity index (χ4v) is 2.90. The molecule has 1 aromatic carbocycles. The van der Waals surface area contributed by atoms with Gasteiger partial charge in [-0.05, 0) is 61.7 Å². The molecule has 1 aromatic rings. The Morgan fingerprint density at radius 3 is 1.61 bits per heavy atom. The molecule has 0 saturated carbocycles. The molecule has 0 saturated heterocycles. The third kappa shape index (κ3) is 4.94. The van der Waals surface area contributed by atoms with E-state index in [1.54, 1.807) is 26.0 Å². The number of hydrogen-bond donors (Lipinski definition) is 0. The summed E-state index contributed by atoms with van der Waals surface area (Å²) >= 11 is 2.26. The van der Waals surface area contributed by atoms with Crippen molar-refractivity contribution in [2.75, 3.05) is 0 Å². The van der Waals surface area contributed by atoms with Crippen LogP contribution in [0.2, 0.25) is 0 Å². The normalized spacial score (nSPS) is 11.2. The second-order valence-electron chi connectivity index (χ2n) is 3.29. The van der Waals surface area contributed by atoms with Crippen molar-refractivity contribution in [1.82, 2.24) is 0 Å². The van der Waals surface area contributed by atoms with Crippen molar-refractivity contribution in [3.63, 3.8) is 0 Å². The van der Waals surface area contributed by atoms with Gasteiger partial charge < -0.3 is 0 Å². The van der Waals surface area contributed by atoms with Crippen molar-refractivity contribution in [2.24, 2.45) is 0 Å². The largest absolute Gasteiger partial charge is 0.282 e. The molecule has 0 aliphatic carbocycles. The van der Waals surface area contributed by atoms with Crippen molar-refractivity contribution < 1.29 is 9.59 Å². The Morgan fingerprint density at radius 2 is 1.28 bits per heavy atom. The van der Waals surface area contributed by atoms with Crippen molar-refractivity contribution in [3.8, 4) is 0 Å². The highest BCUT2D eigenvalue weighted by Crippen LogP contribution is 2.31. The highest BCUT2D eigenvalue weighted by molar-refractivity contribution is 8.16. The molecule has 0 atom stereocenters. The molecule has 4 heteroatoms. The van der Waals surface area contributed by atoms with Crippen LogP contribution in [0.3, 0.4) is 0 Å². The monoisotopic (exact) mass is 278 g/mol. The number of allylic oxidation sites excluding steroid dienone is 2. The first-order valence-electron chi connectivity index (χ1n) is 5.45. The summed E-state index contributed by atoms with van der Waals surface area (Å²) < 4.78 is 0. The van der Waals surface area contributed by atoms with Crippen LogP contribution in [-0.4, -0.2) is 10.2 Å². The van der Waals surface area contributed by atoms with E-state index >= 15 is 0 Å². The Labute approximate surface area is 116 Å². The molecule has 0 bridgehead atoms. The second-order valence-corrected chi connectivity index (χ2v) is 5.38. The van der Waals surface area contributed by atoms with Crippen LogP contribution in [0.4, 0.5) is 0 Å². The van der Waals surface area contributed by atoms with E-state index in [4.69, 9.17) is 0 Å². The van der Waals surface area contributed by atoms with Gasteiger partial charge in [-0.15, -0.1) is 0 Å². The Balaban J connectivity index is 2.85. The summed E-state index contributed by atoms with van der Waals surface area (Å²) in [6.45, 7) is 3.60. The van der Waals surface area contributed by atoms with Gasteiger partial charge in [-0.1, -0.05) is 24.3 Å². The van der Waals surface area contributed by atoms with E-state index in [0.717, 1.165) is 33.3 Å². The summed E-state index contributed by atoms with van der Waals surface area (Å²) in [6.07, 6.45) is 6.44. The highest BCUT2D eigenvalue weighted by Gasteiger charge is 2.09. The average molecular weight is 278 g/mol. The van der Waals surface area contributed by atoms with E-state index in [2.05, 4.69) is 0 Å². The van der Waals surface area contributed by atoms with Gasteiger partial charge in [-0.2, -0.15) is 0 Å². The van der Waals surface area contributed by atoms with Crippen LogP contribution >= 0.6 is 23.5 Å². The lowest BCUT2D eigenvalue weighted by Crippen LogP contribution is -1.89. The number of benzene rings is 1. The Hall–Kier alpha value is -1.26. The zero-order valence-electron chi connectivity index (χ0n) is 10.3. The van der Waals surface area contributed by atoms with Gasteiger partial charge in [0.25, 0.3) is 0 Å². The summed E-state index contributed by atoms with van der Waals surface area (Å²) in [5, 5.41) is -0.0759. The van der Waals surface area contributed by atoms with E-state index in [9.17, 15) is 9.59 Å². The number of hydrogen-bond acceptors (Lipinski definition) is 4. The zero-order valence-corrected chi connectivity index (χ0v) is 11.9. The molecule has 0 unspecified atom stereocenters. The molecule has 0 heterocycles. The molecule has 0 aliphatic heterocycles. The predicted molar refractivity (Wildman–Crippen MR) is 77.8 cm³/mol. The minimum absolute atomic E-state index is 0.0379. The number of rotatable bonds is 4. The summed E-state index contributed by atoms with van der Waals surface area (Å²) in [5.41, 5.74) is 0. The molecule has 0 spiro atoms. The number of carbonyl (C=O) groups is 2. The maximum Gasteiger partial charge on any atom is 0.216 e. The average Bonchev–Trinajstić information content (AvgIpc) is 2.32. The summed E-state index contributed by atoms with van der Waals surface area (Å²) in [5.74, 6) is 0. The Morgan fingerprint density at radius 1 is 0.889 bits per heavy atom. The Kier molecular flexibility index (Phi) is 6.54. The first-order valence-corrected chi connectivity index (χ1v) is 7.08. The van der Waals surface area contributed by atoms with Crippen molar-refractivity contribution in [2.45, 2.75) is 23.6 Å². The van der Waals surface area contributed by atoms with E-state index in [0.29, 0.717) is 0 Å². The molecule has 0 radical (unpaired) electrons. The molecule has 0 amide bonds. The quantitative estimate of drug-likeness (QED) is 0.614. The van der Waals surface area contributed by atoms with Crippen LogP contribution in [-0.2, 0) is 9.59 Å². The number of carbonyl (C=O) groups excluding carboxylic acids is 2. The molecule has 0 aromatic heterocycles. The lowest BCUT2D eigenvalue weighted by Gasteiger charge is -2.04. The highest BCUT2D eigenvalue weighted by atomic mass is 32.2. The smallest absolute Gasteiger partial charge is 0.216 e. The molecule has 0 fully saturated rings. The molecular formula is C14H14O2S2. The van der Waals surface area contributed by atoms with Gasteiger partial charge in [0, 0.05) is 9.79 Å². The standard InChI is InChI=1S/C14H14O2S2/c1-3-7-13(15)17-11-9-5-6-10-12(11)18-14(16)8-4-2/h3-10H,1-2H3. The summed E-state index contributed by atoms with van der Waals surface area (Å²) in [4.78, 5) is 24.7. The molecule has 94 valence electrons. The van der Waals surface area contributed by atoms with E-state index in [-0.39, 0.29) is 10.2 Å². The number of thioether (sulfide) groups is 2. The summed E-state index contributed by atoms with van der Waals surface area (Å²) in [7, 11) is 0. The van der Waals surface area contributed by atoms with Crippen molar-refractivity contribution >= 4 is 33.8 Å². The minimum Gasteiger partial charge on any atom is -0.282 e. The summed E-state index contributed by atoms with van der Waals surface area (Å²) in [6, 6.07) is 7.40. The fraction of sp³-hybridized carbons (Fsp3) is 0.143. The topological polar surface area (TPSA) is 34.1 Å². The minimum atomic E-state index is -0.0379. The predicted octanol–water partition coefficient (Wildman–Crippen LogP) is 4.08. The molecule has 1 rings (SSSR count). The SMILES string of the molecule is CC=CC(=O)Sc1ccccc1SC(=O)C=CC. The van der Waals surface area contributed by atoms with E-state index < -0.39 is 0 Å². The van der Waals surface area contributed by atoms with Gasteiger partial charge in [-0.3, -0.25) is 9.59 Å². The van der Waals surface area contributed by atoms with Crippen LogP contribution in [0.25, 0.3) is 0 Å². The first kappa shape index (κ1) is 14.8.